The maximum atomic E-state index is 11.4. The summed E-state index contributed by atoms with van der Waals surface area (Å²) in [5, 5.41) is 8.93. The highest BCUT2D eigenvalue weighted by Crippen LogP contribution is 2.15. The van der Waals surface area contributed by atoms with Gasteiger partial charge in [-0.05, 0) is 24.7 Å². The van der Waals surface area contributed by atoms with E-state index in [1.807, 2.05) is 24.1 Å². The highest BCUT2D eigenvalue weighted by molar-refractivity contribution is 5.73. The Hall–Kier alpha value is -1.63. The Morgan fingerprint density at radius 1 is 1.53 bits per heavy atom. The molecule has 3 N–H and O–H groups in total. The van der Waals surface area contributed by atoms with Gasteiger partial charge in [-0.15, -0.1) is 0 Å². The van der Waals surface area contributed by atoms with Crippen LogP contribution in [0, 0.1) is 0 Å². The molecule has 1 aromatic carbocycles. The quantitative estimate of drug-likeness (QED) is 0.787. The third-order valence-electron chi connectivity index (χ3n) is 3.09. The van der Waals surface area contributed by atoms with Crippen molar-refractivity contribution in [1.82, 2.24) is 9.47 Å². The zero-order chi connectivity index (χ0) is 14.0. The van der Waals surface area contributed by atoms with E-state index in [-0.39, 0.29) is 18.4 Å². The number of nitrogens with two attached hydrogens (primary N) is 1. The summed E-state index contributed by atoms with van der Waals surface area (Å²) in [4.78, 5) is 13.4. The Kier molecular flexibility index (Phi) is 4.04. The maximum Gasteiger partial charge on any atom is 0.419 e. The van der Waals surface area contributed by atoms with E-state index < -0.39 is 0 Å². The van der Waals surface area contributed by atoms with Gasteiger partial charge < -0.3 is 20.2 Å². The van der Waals surface area contributed by atoms with Crippen LogP contribution in [0.5, 0.6) is 0 Å². The number of hydrogen-bond donors (Lipinski definition) is 2. The molecule has 0 aliphatic rings. The smallest absolute Gasteiger partial charge is 0.408 e. The van der Waals surface area contributed by atoms with E-state index in [2.05, 4.69) is 0 Å². The number of oxazole rings is 1. The molecule has 6 heteroatoms. The van der Waals surface area contributed by atoms with Crippen LogP contribution >= 0.6 is 0 Å². The van der Waals surface area contributed by atoms with E-state index in [9.17, 15) is 4.79 Å². The van der Waals surface area contributed by atoms with Gasteiger partial charge in [-0.1, -0.05) is 6.07 Å². The molecule has 2 aromatic rings. The third-order valence-corrected chi connectivity index (χ3v) is 3.09. The topological polar surface area (TPSA) is 84.6 Å². The minimum Gasteiger partial charge on any atom is -0.408 e. The number of fused-ring (bicyclic) bond motifs is 1. The molecule has 19 heavy (non-hydrogen) atoms. The van der Waals surface area contributed by atoms with Gasteiger partial charge in [-0.25, -0.2) is 4.79 Å². The molecule has 6 nitrogen and oxygen atoms in total. The average molecular weight is 265 g/mol. The molecular formula is C13H19N3O3. The molecule has 0 spiro atoms. The van der Waals surface area contributed by atoms with E-state index in [1.165, 1.54) is 4.57 Å². The van der Waals surface area contributed by atoms with Crippen LogP contribution in [-0.2, 0) is 13.6 Å². The fraction of sp³-hybridized carbons (Fsp3) is 0.462. The van der Waals surface area contributed by atoms with E-state index in [4.69, 9.17) is 15.3 Å². The van der Waals surface area contributed by atoms with E-state index in [1.54, 1.807) is 13.1 Å². The maximum absolute atomic E-state index is 11.4. The summed E-state index contributed by atoms with van der Waals surface area (Å²) in [7, 11) is 3.62. The van der Waals surface area contributed by atoms with Crippen molar-refractivity contribution < 1.29 is 9.52 Å². The number of nitrogens with zero attached hydrogens (tertiary/aromatic N) is 2. The number of benzene rings is 1. The number of aromatic nitrogens is 1. The zero-order valence-electron chi connectivity index (χ0n) is 11.2. The number of likely N-dealkylation sites (N-methyl/N-ethyl adjacent to an activating group) is 1. The Balaban J connectivity index is 2.17. The molecule has 0 aliphatic carbocycles. The molecule has 0 aliphatic heterocycles. The van der Waals surface area contributed by atoms with E-state index in [0.29, 0.717) is 18.7 Å². The summed E-state index contributed by atoms with van der Waals surface area (Å²) in [5.41, 5.74) is 8.13. The van der Waals surface area contributed by atoms with Gasteiger partial charge in [0.05, 0.1) is 12.1 Å². The number of rotatable bonds is 5. The first-order chi connectivity index (χ1) is 9.01. The van der Waals surface area contributed by atoms with Crippen molar-refractivity contribution in [2.45, 2.75) is 12.6 Å². The van der Waals surface area contributed by atoms with Crippen LogP contribution < -0.4 is 11.5 Å². The SMILES string of the molecule is CN(Cc1ccc2oc(=O)n(C)c2c1)CC(N)CO. The summed E-state index contributed by atoms with van der Waals surface area (Å²) >= 11 is 0. The van der Waals surface area contributed by atoms with Gasteiger partial charge >= 0.3 is 5.76 Å². The first-order valence-electron chi connectivity index (χ1n) is 6.14. The molecule has 0 fully saturated rings. The highest BCUT2D eigenvalue weighted by atomic mass is 16.4. The fourth-order valence-corrected chi connectivity index (χ4v) is 2.10. The van der Waals surface area contributed by atoms with E-state index in [0.717, 1.165) is 11.1 Å². The molecule has 1 atom stereocenters. The normalized spacial score (nSPS) is 13.3. The van der Waals surface area contributed by atoms with Gasteiger partial charge in [0, 0.05) is 26.2 Å². The molecule has 0 amide bonds. The second-order valence-corrected chi connectivity index (χ2v) is 4.87. The van der Waals surface area contributed by atoms with Gasteiger partial charge in [0.2, 0.25) is 0 Å². The second kappa shape index (κ2) is 5.56. The molecule has 0 saturated carbocycles. The second-order valence-electron chi connectivity index (χ2n) is 4.87. The van der Waals surface area contributed by atoms with Gasteiger partial charge in [0.25, 0.3) is 0 Å². The molecule has 2 rings (SSSR count). The van der Waals surface area contributed by atoms with Crippen LogP contribution in [0.4, 0.5) is 0 Å². The van der Waals surface area contributed by atoms with Crippen molar-refractivity contribution >= 4 is 11.1 Å². The van der Waals surface area contributed by atoms with Crippen LogP contribution in [0.1, 0.15) is 5.56 Å². The van der Waals surface area contributed by atoms with Gasteiger partial charge in [-0.2, -0.15) is 0 Å². The van der Waals surface area contributed by atoms with Crippen LogP contribution in [-0.4, -0.2) is 40.8 Å². The highest BCUT2D eigenvalue weighted by Gasteiger charge is 2.09. The summed E-state index contributed by atoms with van der Waals surface area (Å²) in [6.07, 6.45) is 0. The lowest BCUT2D eigenvalue weighted by Gasteiger charge is -2.19. The Labute approximate surface area is 111 Å². The average Bonchev–Trinajstić information content (AvgIpc) is 2.65. The molecule has 1 heterocycles. The van der Waals surface area contributed by atoms with Crippen molar-refractivity contribution in [2.24, 2.45) is 12.8 Å². The van der Waals surface area contributed by atoms with Gasteiger partial charge in [0.15, 0.2) is 5.58 Å². The van der Waals surface area contributed by atoms with E-state index >= 15 is 0 Å². The van der Waals surface area contributed by atoms with Gasteiger partial charge in [-0.3, -0.25) is 4.57 Å². The van der Waals surface area contributed by atoms with Crippen molar-refractivity contribution in [3.05, 3.63) is 34.3 Å². The monoisotopic (exact) mass is 265 g/mol. The summed E-state index contributed by atoms with van der Waals surface area (Å²) in [6, 6.07) is 5.41. The zero-order valence-corrected chi connectivity index (χ0v) is 11.2. The predicted molar refractivity (Wildman–Crippen MR) is 72.9 cm³/mol. The van der Waals surface area contributed by atoms with Gasteiger partial charge in [0.1, 0.15) is 0 Å². The van der Waals surface area contributed by atoms with Crippen LogP contribution in [0.3, 0.4) is 0 Å². The summed E-state index contributed by atoms with van der Waals surface area (Å²) in [6.45, 7) is 1.28. The number of aliphatic hydroxyl groups is 1. The lowest BCUT2D eigenvalue weighted by atomic mass is 10.2. The lowest BCUT2D eigenvalue weighted by Crippen LogP contribution is -2.37. The Morgan fingerprint density at radius 2 is 2.26 bits per heavy atom. The molecule has 0 saturated heterocycles. The first kappa shape index (κ1) is 13.8. The predicted octanol–water partition coefficient (Wildman–Crippen LogP) is -0.117. The molecule has 1 unspecified atom stereocenters. The number of aryl methyl sites for hydroxylation is 1. The van der Waals surface area contributed by atoms with Crippen molar-refractivity contribution in [3.63, 3.8) is 0 Å². The third kappa shape index (κ3) is 3.04. The van der Waals surface area contributed by atoms with Crippen LogP contribution in [0.15, 0.2) is 27.4 Å². The molecule has 104 valence electrons. The van der Waals surface area contributed by atoms with Crippen molar-refractivity contribution in [3.8, 4) is 0 Å². The minimum atomic E-state index is -0.359. The van der Waals surface area contributed by atoms with Crippen LogP contribution in [0.25, 0.3) is 11.1 Å². The Bertz CT molecular complexity index is 617. The standard InChI is InChI=1S/C13H19N3O3/c1-15(7-10(14)8-17)6-9-3-4-12-11(5-9)16(2)13(18)19-12/h3-5,10,17H,6-8,14H2,1-2H3. The molecular weight excluding hydrogens is 246 g/mol. The first-order valence-corrected chi connectivity index (χ1v) is 6.14. The van der Waals surface area contributed by atoms with Crippen molar-refractivity contribution in [1.29, 1.82) is 0 Å². The lowest BCUT2D eigenvalue weighted by molar-refractivity contribution is 0.218. The van der Waals surface area contributed by atoms with Crippen molar-refractivity contribution in [2.75, 3.05) is 20.2 Å². The van der Waals surface area contributed by atoms with Crippen LogP contribution in [0.2, 0.25) is 0 Å². The number of aliphatic hydroxyl groups excluding tert-OH is 1. The number of hydrogen-bond acceptors (Lipinski definition) is 5. The summed E-state index contributed by atoms with van der Waals surface area (Å²) in [5.74, 6) is -0.359. The fourth-order valence-electron chi connectivity index (χ4n) is 2.10. The molecule has 0 radical (unpaired) electrons. The largest absolute Gasteiger partial charge is 0.419 e. The summed E-state index contributed by atoms with van der Waals surface area (Å²) < 4.78 is 6.57. The molecule has 1 aromatic heterocycles. The Morgan fingerprint density at radius 3 is 2.95 bits per heavy atom. The molecule has 0 bridgehead atoms. The minimum absolute atomic E-state index is 0.0282.